The van der Waals surface area contributed by atoms with Gasteiger partial charge in [-0.15, -0.1) is 13.2 Å². The normalized spacial score (nSPS) is 20.3. The lowest BCUT2D eigenvalue weighted by molar-refractivity contribution is -0.274. The molecule has 0 saturated heterocycles. The lowest BCUT2D eigenvalue weighted by Crippen LogP contribution is -2.27. The molecule has 1 aliphatic carbocycles. The number of halogens is 3. The fraction of sp³-hybridized carbons (Fsp3) is 0.429. The van der Waals surface area contributed by atoms with E-state index in [1.807, 2.05) is 0 Å². The van der Waals surface area contributed by atoms with Crippen molar-refractivity contribution in [2.45, 2.75) is 25.1 Å². The van der Waals surface area contributed by atoms with Crippen LogP contribution in [-0.2, 0) is 9.59 Å². The highest BCUT2D eigenvalue weighted by Gasteiger charge is 2.46. The van der Waals surface area contributed by atoms with Gasteiger partial charge in [-0.3, -0.25) is 9.59 Å². The minimum Gasteiger partial charge on any atom is -0.481 e. The second-order valence-electron chi connectivity index (χ2n) is 4.97. The predicted octanol–water partition coefficient (Wildman–Crippen LogP) is 2.28. The summed E-state index contributed by atoms with van der Waals surface area (Å²) in [4.78, 5) is 22.2. The first-order chi connectivity index (χ1) is 10.3. The van der Waals surface area contributed by atoms with Crippen LogP contribution in [0.5, 0.6) is 5.75 Å². The maximum absolute atomic E-state index is 12.3. The number of carbonyl (C=O) groups excluding carboxylic acids is 1. The van der Waals surface area contributed by atoms with Crippen LogP contribution in [0.15, 0.2) is 24.3 Å². The molecular weight excluding hydrogens is 303 g/mol. The summed E-state index contributed by atoms with van der Waals surface area (Å²) in [6, 6.07) is 5.71. The summed E-state index contributed by atoms with van der Waals surface area (Å²) in [5.41, 5.74) is 0.332. The summed E-state index contributed by atoms with van der Waals surface area (Å²) in [7, 11) is 0. The van der Waals surface area contributed by atoms with E-state index in [9.17, 15) is 22.8 Å². The number of carboxylic acids is 1. The molecule has 0 aliphatic heterocycles. The Hall–Kier alpha value is -2.25. The van der Waals surface area contributed by atoms with Crippen LogP contribution in [0.1, 0.15) is 24.3 Å². The van der Waals surface area contributed by atoms with E-state index in [-0.39, 0.29) is 30.5 Å². The molecule has 0 unspecified atom stereocenters. The number of amides is 1. The van der Waals surface area contributed by atoms with Crippen LogP contribution in [0.2, 0.25) is 0 Å². The van der Waals surface area contributed by atoms with Gasteiger partial charge in [0, 0.05) is 12.5 Å². The van der Waals surface area contributed by atoms with Crippen molar-refractivity contribution in [3.05, 3.63) is 29.8 Å². The molecule has 0 heterocycles. The van der Waals surface area contributed by atoms with Gasteiger partial charge in [0.05, 0.1) is 6.42 Å². The molecule has 0 bridgehead atoms. The van der Waals surface area contributed by atoms with Gasteiger partial charge in [0.2, 0.25) is 5.91 Å². The molecule has 1 aromatic rings. The van der Waals surface area contributed by atoms with Crippen molar-refractivity contribution in [1.82, 2.24) is 5.32 Å². The second-order valence-corrected chi connectivity index (χ2v) is 4.97. The van der Waals surface area contributed by atoms with Crippen molar-refractivity contribution >= 4 is 11.9 Å². The summed E-state index contributed by atoms with van der Waals surface area (Å²) < 4.78 is 41.0. The molecule has 5 nitrogen and oxygen atoms in total. The molecule has 1 amide bonds. The van der Waals surface area contributed by atoms with E-state index in [1.54, 1.807) is 6.07 Å². The van der Waals surface area contributed by atoms with Crippen LogP contribution in [0.4, 0.5) is 13.2 Å². The molecule has 2 atom stereocenters. The highest BCUT2D eigenvalue weighted by molar-refractivity contribution is 5.83. The van der Waals surface area contributed by atoms with Crippen LogP contribution < -0.4 is 10.1 Å². The molecule has 0 spiro atoms. The number of benzene rings is 1. The molecule has 1 aliphatic rings. The number of rotatable bonds is 6. The number of alkyl halides is 3. The number of para-hydroxylation sites is 1. The first-order valence-electron chi connectivity index (χ1n) is 6.62. The van der Waals surface area contributed by atoms with E-state index < -0.39 is 18.2 Å². The molecular formula is C14H14F3NO4. The smallest absolute Gasteiger partial charge is 0.481 e. The Bertz CT molecular complexity index is 573. The molecule has 1 saturated carbocycles. The molecule has 120 valence electrons. The zero-order valence-corrected chi connectivity index (χ0v) is 11.4. The third-order valence-corrected chi connectivity index (χ3v) is 3.31. The molecule has 2 rings (SSSR count). The number of aliphatic carboxylic acids is 1. The topological polar surface area (TPSA) is 75.6 Å². The van der Waals surface area contributed by atoms with E-state index in [1.165, 1.54) is 18.2 Å². The van der Waals surface area contributed by atoms with E-state index in [4.69, 9.17) is 5.11 Å². The first kappa shape index (κ1) is 16.1. The van der Waals surface area contributed by atoms with Crippen LogP contribution >= 0.6 is 0 Å². The summed E-state index contributed by atoms with van der Waals surface area (Å²) in [5.74, 6) is -2.49. The van der Waals surface area contributed by atoms with E-state index in [0.29, 0.717) is 12.0 Å². The Balaban J connectivity index is 1.97. The van der Waals surface area contributed by atoms with Crippen molar-refractivity contribution in [3.8, 4) is 5.75 Å². The van der Waals surface area contributed by atoms with Crippen molar-refractivity contribution in [2.24, 2.45) is 5.92 Å². The zero-order valence-electron chi connectivity index (χ0n) is 11.4. The van der Waals surface area contributed by atoms with Crippen LogP contribution in [-0.4, -0.2) is 29.9 Å². The molecule has 8 heteroatoms. The van der Waals surface area contributed by atoms with E-state index in [0.717, 1.165) is 0 Å². The van der Waals surface area contributed by atoms with Crippen LogP contribution in [0.25, 0.3) is 0 Å². The van der Waals surface area contributed by atoms with Gasteiger partial charge in [0.1, 0.15) is 5.75 Å². The Morgan fingerprint density at radius 1 is 1.32 bits per heavy atom. The largest absolute Gasteiger partial charge is 0.573 e. The third kappa shape index (κ3) is 4.37. The molecule has 0 radical (unpaired) electrons. The van der Waals surface area contributed by atoms with Gasteiger partial charge >= 0.3 is 12.3 Å². The number of hydrogen-bond donors (Lipinski definition) is 2. The van der Waals surface area contributed by atoms with Crippen LogP contribution in [0.3, 0.4) is 0 Å². The first-order valence-corrected chi connectivity index (χ1v) is 6.62. The van der Waals surface area contributed by atoms with Crippen molar-refractivity contribution < 1.29 is 32.6 Å². The number of ether oxygens (including phenoxy) is 1. The SMILES string of the molecule is O=C(O)CCNC(=O)[C@@H]1C[C@@H]1c1ccccc1OC(F)(F)F. The molecule has 2 N–H and O–H groups in total. The average Bonchev–Trinajstić information content (AvgIpc) is 3.17. The number of carbonyl (C=O) groups is 2. The fourth-order valence-electron chi connectivity index (χ4n) is 2.26. The van der Waals surface area contributed by atoms with Crippen LogP contribution in [0, 0.1) is 5.92 Å². The quantitative estimate of drug-likeness (QED) is 0.844. The summed E-state index contributed by atoms with van der Waals surface area (Å²) >= 11 is 0. The Kier molecular flexibility index (Phi) is 4.58. The average molecular weight is 317 g/mol. The van der Waals surface area contributed by atoms with Gasteiger partial charge in [-0.05, 0) is 24.0 Å². The van der Waals surface area contributed by atoms with Gasteiger partial charge in [0.15, 0.2) is 0 Å². The van der Waals surface area contributed by atoms with Gasteiger partial charge in [0.25, 0.3) is 0 Å². The summed E-state index contributed by atoms with van der Waals surface area (Å²) in [5, 5.41) is 10.9. The summed E-state index contributed by atoms with van der Waals surface area (Å²) in [6.45, 7) is -0.00190. The molecule has 1 aromatic carbocycles. The lowest BCUT2D eigenvalue weighted by Gasteiger charge is -2.13. The molecule has 22 heavy (non-hydrogen) atoms. The minimum atomic E-state index is -4.79. The molecule has 0 aromatic heterocycles. The predicted molar refractivity (Wildman–Crippen MR) is 69.2 cm³/mol. The maximum atomic E-state index is 12.3. The van der Waals surface area contributed by atoms with Gasteiger partial charge in [-0.25, -0.2) is 0 Å². The highest BCUT2D eigenvalue weighted by Crippen LogP contribution is 2.50. The van der Waals surface area contributed by atoms with Crippen molar-refractivity contribution in [1.29, 1.82) is 0 Å². The maximum Gasteiger partial charge on any atom is 0.573 e. The zero-order chi connectivity index (χ0) is 16.3. The van der Waals surface area contributed by atoms with E-state index in [2.05, 4.69) is 10.1 Å². The van der Waals surface area contributed by atoms with Crippen molar-refractivity contribution in [2.75, 3.05) is 6.54 Å². The van der Waals surface area contributed by atoms with Crippen molar-refractivity contribution in [3.63, 3.8) is 0 Å². The Labute approximate surface area is 124 Å². The van der Waals surface area contributed by atoms with Gasteiger partial charge in [-0.1, -0.05) is 18.2 Å². The lowest BCUT2D eigenvalue weighted by atomic mass is 10.1. The van der Waals surface area contributed by atoms with E-state index >= 15 is 0 Å². The summed E-state index contributed by atoms with van der Waals surface area (Å²) in [6.07, 6.45) is -4.57. The molecule has 1 fully saturated rings. The second kappa shape index (κ2) is 6.25. The van der Waals surface area contributed by atoms with Gasteiger partial charge in [-0.2, -0.15) is 0 Å². The third-order valence-electron chi connectivity index (χ3n) is 3.31. The Morgan fingerprint density at radius 2 is 2.00 bits per heavy atom. The number of hydrogen-bond acceptors (Lipinski definition) is 3. The standard InChI is InChI=1S/C14H14F3NO4/c15-14(16,17)22-11-4-2-1-3-8(11)9-7-10(9)13(21)18-6-5-12(19)20/h1-4,9-10H,5-7H2,(H,18,21)(H,19,20)/t9-,10-/m1/s1. The van der Waals surface area contributed by atoms with Gasteiger partial charge < -0.3 is 15.2 Å². The number of nitrogens with one attached hydrogen (secondary N) is 1. The fourth-order valence-corrected chi connectivity index (χ4v) is 2.26. The monoisotopic (exact) mass is 317 g/mol. The Morgan fingerprint density at radius 3 is 2.64 bits per heavy atom. The highest BCUT2D eigenvalue weighted by atomic mass is 19.4. The number of carboxylic acid groups (broad SMARTS) is 1. The minimum absolute atomic E-state index is 0.00190.